The second-order valence-corrected chi connectivity index (χ2v) is 4.42. The van der Waals surface area contributed by atoms with Crippen LogP contribution in [0.4, 0.5) is 0 Å². The zero-order chi connectivity index (χ0) is 13.7. The fraction of sp³-hybridized carbons (Fsp3) is 0.500. The molecule has 104 valence electrons. The van der Waals surface area contributed by atoms with Gasteiger partial charge in [-0.15, -0.1) is 0 Å². The Morgan fingerprint density at radius 3 is 2.95 bits per heavy atom. The molecule has 1 saturated heterocycles. The molecule has 5 nitrogen and oxygen atoms in total. The molecular formula is C14H19NO4. The summed E-state index contributed by atoms with van der Waals surface area (Å²) in [4.78, 5) is 11.9. The molecule has 0 radical (unpaired) electrons. The number of nitrogens with one attached hydrogen (secondary N) is 1. The number of methoxy groups -OCH3 is 1. The second kappa shape index (κ2) is 6.54. The van der Waals surface area contributed by atoms with Crippen LogP contribution in [0, 0.1) is 0 Å². The van der Waals surface area contributed by atoms with Crippen molar-refractivity contribution in [2.24, 2.45) is 0 Å². The standard InChI is InChI=1S/C14H19NO4/c1-15-8-12(16)10-3-4-13(17-2)14(7-10)19-11-5-6-18-9-11/h3-4,7,11,15H,5-6,8-9H2,1-2H3. The van der Waals surface area contributed by atoms with Gasteiger partial charge in [-0.2, -0.15) is 0 Å². The van der Waals surface area contributed by atoms with E-state index < -0.39 is 0 Å². The van der Waals surface area contributed by atoms with E-state index in [1.165, 1.54) is 0 Å². The molecule has 1 heterocycles. The lowest BCUT2D eigenvalue weighted by Crippen LogP contribution is -2.19. The van der Waals surface area contributed by atoms with Crippen LogP contribution in [0.2, 0.25) is 0 Å². The molecule has 19 heavy (non-hydrogen) atoms. The maximum Gasteiger partial charge on any atom is 0.176 e. The number of ether oxygens (including phenoxy) is 3. The summed E-state index contributed by atoms with van der Waals surface area (Å²) >= 11 is 0. The van der Waals surface area contributed by atoms with Gasteiger partial charge < -0.3 is 19.5 Å². The molecule has 0 amide bonds. The van der Waals surface area contributed by atoms with Crippen molar-refractivity contribution in [2.45, 2.75) is 12.5 Å². The largest absolute Gasteiger partial charge is 0.493 e. The zero-order valence-electron chi connectivity index (χ0n) is 11.3. The highest BCUT2D eigenvalue weighted by Gasteiger charge is 2.20. The topological polar surface area (TPSA) is 56.8 Å². The van der Waals surface area contributed by atoms with Crippen LogP contribution in [-0.2, 0) is 4.74 Å². The first-order valence-electron chi connectivity index (χ1n) is 6.35. The highest BCUT2D eigenvalue weighted by atomic mass is 16.6. The number of rotatable bonds is 6. The molecule has 1 atom stereocenters. The lowest BCUT2D eigenvalue weighted by molar-refractivity contribution is 0.0992. The Bertz CT molecular complexity index is 441. The number of hydrogen-bond donors (Lipinski definition) is 1. The van der Waals surface area contributed by atoms with Gasteiger partial charge in [0.1, 0.15) is 6.10 Å². The molecule has 1 aliphatic rings. The van der Waals surface area contributed by atoms with Crippen LogP contribution >= 0.6 is 0 Å². The lowest BCUT2D eigenvalue weighted by Gasteiger charge is -2.15. The van der Waals surface area contributed by atoms with Crippen molar-refractivity contribution in [3.63, 3.8) is 0 Å². The quantitative estimate of drug-likeness (QED) is 0.785. The molecule has 0 bridgehead atoms. The van der Waals surface area contributed by atoms with E-state index in [9.17, 15) is 4.79 Å². The van der Waals surface area contributed by atoms with Gasteiger partial charge in [-0.05, 0) is 25.2 Å². The summed E-state index contributed by atoms with van der Waals surface area (Å²) in [5.74, 6) is 1.26. The van der Waals surface area contributed by atoms with Crippen LogP contribution in [0.15, 0.2) is 18.2 Å². The Balaban J connectivity index is 2.17. The summed E-state index contributed by atoms with van der Waals surface area (Å²) in [6.07, 6.45) is 0.890. The van der Waals surface area contributed by atoms with Crippen molar-refractivity contribution in [1.82, 2.24) is 5.32 Å². The Labute approximate surface area is 112 Å². The summed E-state index contributed by atoms with van der Waals surface area (Å²) in [7, 11) is 3.33. The molecule has 1 aromatic rings. The predicted molar refractivity (Wildman–Crippen MR) is 71.1 cm³/mol. The number of likely N-dealkylation sites (N-methyl/N-ethyl adjacent to an activating group) is 1. The van der Waals surface area contributed by atoms with Crippen LogP contribution < -0.4 is 14.8 Å². The summed E-state index contributed by atoms with van der Waals surface area (Å²) in [5.41, 5.74) is 0.615. The van der Waals surface area contributed by atoms with E-state index in [1.54, 1.807) is 32.4 Å². The molecule has 1 unspecified atom stereocenters. The molecule has 1 aromatic carbocycles. The first-order chi connectivity index (χ1) is 9.24. The number of benzene rings is 1. The average Bonchev–Trinajstić information content (AvgIpc) is 2.92. The minimum Gasteiger partial charge on any atom is -0.493 e. The van der Waals surface area contributed by atoms with E-state index in [-0.39, 0.29) is 11.9 Å². The van der Waals surface area contributed by atoms with Gasteiger partial charge in [-0.25, -0.2) is 0 Å². The first kappa shape index (κ1) is 13.8. The normalized spacial score (nSPS) is 18.3. The van der Waals surface area contributed by atoms with E-state index in [4.69, 9.17) is 14.2 Å². The number of ketones is 1. The maximum atomic E-state index is 11.9. The van der Waals surface area contributed by atoms with Crippen molar-refractivity contribution in [3.05, 3.63) is 23.8 Å². The minimum atomic E-state index is 0.0256. The van der Waals surface area contributed by atoms with Gasteiger partial charge in [0.2, 0.25) is 0 Å². The van der Waals surface area contributed by atoms with Crippen molar-refractivity contribution in [3.8, 4) is 11.5 Å². The van der Waals surface area contributed by atoms with Crippen LogP contribution in [0.5, 0.6) is 11.5 Å². The van der Waals surface area contributed by atoms with E-state index in [0.717, 1.165) is 6.42 Å². The fourth-order valence-electron chi connectivity index (χ4n) is 1.99. The molecule has 1 aliphatic heterocycles. The molecule has 0 aromatic heterocycles. The molecule has 1 fully saturated rings. The molecule has 0 aliphatic carbocycles. The van der Waals surface area contributed by atoms with Crippen molar-refractivity contribution < 1.29 is 19.0 Å². The lowest BCUT2D eigenvalue weighted by atomic mass is 10.1. The van der Waals surface area contributed by atoms with Gasteiger partial charge in [-0.3, -0.25) is 4.79 Å². The molecular weight excluding hydrogens is 246 g/mol. The Hall–Kier alpha value is -1.59. The van der Waals surface area contributed by atoms with Gasteiger partial charge in [0, 0.05) is 12.0 Å². The smallest absolute Gasteiger partial charge is 0.176 e. The van der Waals surface area contributed by atoms with Gasteiger partial charge in [0.25, 0.3) is 0 Å². The van der Waals surface area contributed by atoms with Crippen LogP contribution in [0.25, 0.3) is 0 Å². The van der Waals surface area contributed by atoms with E-state index >= 15 is 0 Å². The van der Waals surface area contributed by atoms with Gasteiger partial charge in [0.15, 0.2) is 17.3 Å². The first-order valence-corrected chi connectivity index (χ1v) is 6.35. The fourth-order valence-corrected chi connectivity index (χ4v) is 1.99. The van der Waals surface area contributed by atoms with E-state index in [1.807, 2.05) is 0 Å². The average molecular weight is 265 g/mol. The molecule has 2 rings (SSSR count). The maximum absolute atomic E-state index is 11.9. The molecule has 0 spiro atoms. The molecule has 5 heteroatoms. The number of carbonyl (C=O) groups excluding carboxylic acids is 1. The third-order valence-electron chi connectivity index (χ3n) is 3.00. The Morgan fingerprint density at radius 2 is 2.32 bits per heavy atom. The molecule has 0 saturated carbocycles. The number of hydrogen-bond acceptors (Lipinski definition) is 5. The minimum absolute atomic E-state index is 0.0256. The van der Waals surface area contributed by atoms with Crippen molar-refractivity contribution in [1.29, 1.82) is 0 Å². The van der Waals surface area contributed by atoms with Gasteiger partial charge in [0.05, 0.1) is 26.9 Å². The van der Waals surface area contributed by atoms with Crippen LogP contribution in [0.3, 0.4) is 0 Å². The van der Waals surface area contributed by atoms with Crippen LogP contribution in [-0.4, -0.2) is 45.8 Å². The second-order valence-electron chi connectivity index (χ2n) is 4.42. The SMILES string of the molecule is CNCC(=O)c1ccc(OC)c(OC2CCOC2)c1. The number of Topliss-reactive ketones (excluding diaryl/α,β-unsaturated/α-hetero) is 1. The van der Waals surface area contributed by atoms with Gasteiger partial charge in [-0.1, -0.05) is 0 Å². The summed E-state index contributed by atoms with van der Waals surface area (Å²) in [6, 6.07) is 5.24. The Kier molecular flexibility index (Phi) is 4.76. The third-order valence-corrected chi connectivity index (χ3v) is 3.00. The van der Waals surface area contributed by atoms with Crippen LogP contribution in [0.1, 0.15) is 16.8 Å². The summed E-state index contributed by atoms with van der Waals surface area (Å²) < 4.78 is 16.4. The third kappa shape index (κ3) is 3.45. The van der Waals surface area contributed by atoms with Gasteiger partial charge >= 0.3 is 0 Å². The Morgan fingerprint density at radius 1 is 1.47 bits per heavy atom. The predicted octanol–water partition coefficient (Wildman–Crippen LogP) is 1.26. The van der Waals surface area contributed by atoms with Crippen molar-refractivity contribution in [2.75, 3.05) is 33.9 Å². The molecule has 1 N–H and O–H groups in total. The summed E-state index contributed by atoms with van der Waals surface area (Å²) in [6.45, 7) is 1.60. The number of carbonyl (C=O) groups is 1. The van der Waals surface area contributed by atoms with E-state index in [2.05, 4.69) is 5.32 Å². The monoisotopic (exact) mass is 265 g/mol. The zero-order valence-corrected chi connectivity index (χ0v) is 11.3. The summed E-state index contributed by atoms with van der Waals surface area (Å²) in [5, 5.41) is 2.85. The van der Waals surface area contributed by atoms with E-state index in [0.29, 0.717) is 36.8 Å². The van der Waals surface area contributed by atoms with Crippen molar-refractivity contribution >= 4 is 5.78 Å². The highest BCUT2D eigenvalue weighted by Crippen LogP contribution is 2.30. The highest BCUT2D eigenvalue weighted by molar-refractivity contribution is 5.98.